The van der Waals surface area contributed by atoms with E-state index in [4.69, 9.17) is 10.5 Å². The van der Waals surface area contributed by atoms with Crippen LogP contribution in [0.2, 0.25) is 0 Å². The van der Waals surface area contributed by atoms with Gasteiger partial charge in [0.25, 0.3) is 0 Å². The van der Waals surface area contributed by atoms with Gasteiger partial charge in [-0.15, -0.1) is 0 Å². The Morgan fingerprint density at radius 3 is 2.71 bits per heavy atom. The van der Waals surface area contributed by atoms with E-state index in [1.807, 2.05) is 0 Å². The second-order valence-electron chi connectivity index (χ2n) is 4.58. The minimum absolute atomic E-state index is 0.0756. The van der Waals surface area contributed by atoms with E-state index in [0.29, 0.717) is 32.2 Å². The Morgan fingerprint density at radius 1 is 1.41 bits per heavy atom. The van der Waals surface area contributed by atoms with Crippen molar-refractivity contribution in [1.82, 2.24) is 4.90 Å². The van der Waals surface area contributed by atoms with Crippen LogP contribution in [0.4, 0.5) is 0 Å². The number of likely N-dealkylation sites (tertiary alicyclic amines) is 1. The molecule has 2 atom stereocenters. The second kappa shape index (κ2) is 6.59. The Kier molecular flexibility index (Phi) is 5.41. The van der Waals surface area contributed by atoms with Crippen LogP contribution in [0.1, 0.15) is 33.1 Å². The first-order chi connectivity index (χ1) is 8.04. The summed E-state index contributed by atoms with van der Waals surface area (Å²) in [5.41, 5.74) is 5.32. The summed E-state index contributed by atoms with van der Waals surface area (Å²) < 4.78 is 4.89. The largest absolute Gasteiger partial charge is 0.466 e. The number of carbonyl (C=O) groups excluding carboxylic acids is 2. The highest BCUT2D eigenvalue weighted by Gasteiger charge is 2.28. The molecule has 0 aromatic carbocycles. The number of primary amides is 1. The summed E-state index contributed by atoms with van der Waals surface area (Å²) in [6.07, 6.45) is 2.19. The predicted molar refractivity (Wildman–Crippen MR) is 64.2 cm³/mol. The van der Waals surface area contributed by atoms with Crippen molar-refractivity contribution in [3.8, 4) is 0 Å². The third kappa shape index (κ3) is 4.34. The molecule has 5 heteroatoms. The normalized spacial score (nSPS) is 25.5. The van der Waals surface area contributed by atoms with Crippen LogP contribution in [0.15, 0.2) is 0 Å². The number of hydrogen-bond acceptors (Lipinski definition) is 4. The van der Waals surface area contributed by atoms with Gasteiger partial charge in [-0.25, -0.2) is 0 Å². The van der Waals surface area contributed by atoms with Crippen LogP contribution in [0.3, 0.4) is 0 Å². The van der Waals surface area contributed by atoms with Gasteiger partial charge in [-0.05, 0) is 26.7 Å². The molecule has 5 nitrogen and oxygen atoms in total. The number of nitrogens with zero attached hydrogens (tertiary/aromatic N) is 1. The van der Waals surface area contributed by atoms with Crippen LogP contribution in [0.5, 0.6) is 0 Å². The first-order valence-electron chi connectivity index (χ1n) is 6.23. The van der Waals surface area contributed by atoms with Crippen LogP contribution in [-0.4, -0.2) is 42.5 Å². The number of amides is 1. The van der Waals surface area contributed by atoms with Gasteiger partial charge in [0, 0.05) is 19.1 Å². The molecule has 1 heterocycles. The lowest BCUT2D eigenvalue weighted by Gasteiger charge is -2.36. The summed E-state index contributed by atoms with van der Waals surface area (Å²) in [5.74, 6) is -0.493. The molecule has 1 amide bonds. The summed E-state index contributed by atoms with van der Waals surface area (Å²) >= 11 is 0. The second-order valence-corrected chi connectivity index (χ2v) is 4.58. The van der Waals surface area contributed by atoms with Crippen molar-refractivity contribution in [2.75, 3.05) is 19.7 Å². The number of rotatable bonds is 5. The standard InChI is InChI=1S/C12H22N2O3/c1-3-17-11(15)6-7-14-8-10(12(13)16)5-4-9(14)2/h9-10H,3-8H2,1-2H3,(H2,13,16). The van der Waals surface area contributed by atoms with Crippen molar-refractivity contribution in [3.63, 3.8) is 0 Å². The van der Waals surface area contributed by atoms with E-state index in [0.717, 1.165) is 12.8 Å². The van der Waals surface area contributed by atoms with E-state index in [2.05, 4.69) is 11.8 Å². The molecular weight excluding hydrogens is 220 g/mol. The van der Waals surface area contributed by atoms with Gasteiger partial charge >= 0.3 is 5.97 Å². The predicted octanol–water partition coefficient (Wildman–Crippen LogP) is 0.525. The van der Waals surface area contributed by atoms with Crippen LogP contribution in [-0.2, 0) is 14.3 Å². The maximum Gasteiger partial charge on any atom is 0.307 e. The fraction of sp³-hybridized carbons (Fsp3) is 0.833. The van der Waals surface area contributed by atoms with Gasteiger partial charge in [0.1, 0.15) is 0 Å². The molecule has 0 aliphatic carbocycles. The monoisotopic (exact) mass is 242 g/mol. The number of hydrogen-bond donors (Lipinski definition) is 1. The minimum atomic E-state index is -0.238. The van der Waals surface area contributed by atoms with Crippen molar-refractivity contribution in [3.05, 3.63) is 0 Å². The van der Waals surface area contributed by atoms with Crippen molar-refractivity contribution in [2.24, 2.45) is 11.7 Å². The molecule has 1 saturated heterocycles. The van der Waals surface area contributed by atoms with Crippen LogP contribution in [0.25, 0.3) is 0 Å². The molecule has 1 rings (SSSR count). The topological polar surface area (TPSA) is 72.6 Å². The molecule has 1 aliphatic heterocycles. The van der Waals surface area contributed by atoms with E-state index >= 15 is 0 Å². The smallest absolute Gasteiger partial charge is 0.307 e. The van der Waals surface area contributed by atoms with E-state index in [-0.39, 0.29) is 17.8 Å². The van der Waals surface area contributed by atoms with Crippen LogP contribution >= 0.6 is 0 Å². The van der Waals surface area contributed by atoms with Gasteiger partial charge in [-0.3, -0.25) is 14.5 Å². The van der Waals surface area contributed by atoms with Crippen molar-refractivity contribution in [2.45, 2.75) is 39.2 Å². The Bertz CT molecular complexity index is 281. The Hall–Kier alpha value is -1.10. The number of nitrogens with two attached hydrogens (primary N) is 1. The van der Waals surface area contributed by atoms with Gasteiger partial charge in [-0.2, -0.15) is 0 Å². The fourth-order valence-corrected chi connectivity index (χ4v) is 2.19. The highest BCUT2D eigenvalue weighted by atomic mass is 16.5. The Balaban J connectivity index is 2.39. The molecule has 0 aromatic rings. The number of carbonyl (C=O) groups is 2. The molecule has 17 heavy (non-hydrogen) atoms. The SMILES string of the molecule is CCOC(=O)CCN1CC(C(N)=O)CCC1C. The van der Waals surface area contributed by atoms with Gasteiger partial charge in [-0.1, -0.05) is 0 Å². The summed E-state index contributed by atoms with van der Waals surface area (Å²) in [4.78, 5) is 24.6. The Morgan fingerprint density at radius 2 is 2.12 bits per heavy atom. The van der Waals surface area contributed by atoms with Gasteiger partial charge in [0.2, 0.25) is 5.91 Å². The van der Waals surface area contributed by atoms with Gasteiger partial charge in [0.15, 0.2) is 0 Å². The lowest BCUT2D eigenvalue weighted by molar-refractivity contribution is -0.143. The summed E-state index contributed by atoms with van der Waals surface area (Å²) in [5, 5.41) is 0. The fourth-order valence-electron chi connectivity index (χ4n) is 2.19. The van der Waals surface area contributed by atoms with Gasteiger partial charge < -0.3 is 10.5 Å². The summed E-state index contributed by atoms with van der Waals surface area (Å²) in [7, 11) is 0. The zero-order valence-corrected chi connectivity index (χ0v) is 10.6. The molecule has 0 saturated carbocycles. The third-order valence-corrected chi connectivity index (χ3v) is 3.32. The van der Waals surface area contributed by atoms with E-state index in [9.17, 15) is 9.59 Å². The molecular formula is C12H22N2O3. The van der Waals surface area contributed by atoms with Crippen molar-refractivity contribution < 1.29 is 14.3 Å². The average Bonchev–Trinajstić information content (AvgIpc) is 2.28. The lowest BCUT2D eigenvalue weighted by Crippen LogP contribution is -2.46. The van der Waals surface area contributed by atoms with Crippen LogP contribution in [0, 0.1) is 5.92 Å². The zero-order valence-electron chi connectivity index (χ0n) is 10.6. The molecule has 2 unspecified atom stereocenters. The Labute approximate surface area is 102 Å². The molecule has 0 aromatic heterocycles. The highest BCUT2D eigenvalue weighted by Crippen LogP contribution is 2.21. The number of ether oxygens (including phenoxy) is 1. The molecule has 1 aliphatic rings. The first kappa shape index (κ1) is 14.0. The quantitative estimate of drug-likeness (QED) is 0.714. The number of piperidine rings is 1. The van der Waals surface area contributed by atoms with Crippen molar-refractivity contribution >= 4 is 11.9 Å². The molecule has 98 valence electrons. The average molecular weight is 242 g/mol. The summed E-state index contributed by atoms with van der Waals surface area (Å²) in [6.45, 7) is 5.63. The lowest BCUT2D eigenvalue weighted by atomic mass is 9.93. The first-order valence-corrected chi connectivity index (χ1v) is 6.23. The zero-order chi connectivity index (χ0) is 12.8. The molecule has 2 N–H and O–H groups in total. The third-order valence-electron chi connectivity index (χ3n) is 3.32. The maximum atomic E-state index is 11.3. The molecule has 0 spiro atoms. The minimum Gasteiger partial charge on any atom is -0.466 e. The van der Waals surface area contributed by atoms with E-state index < -0.39 is 0 Å². The molecule has 0 bridgehead atoms. The number of esters is 1. The maximum absolute atomic E-state index is 11.3. The van der Waals surface area contributed by atoms with Crippen LogP contribution < -0.4 is 5.73 Å². The van der Waals surface area contributed by atoms with Crippen molar-refractivity contribution in [1.29, 1.82) is 0 Å². The molecule has 0 radical (unpaired) electrons. The van der Waals surface area contributed by atoms with Gasteiger partial charge in [0.05, 0.1) is 18.9 Å². The van der Waals surface area contributed by atoms with E-state index in [1.165, 1.54) is 0 Å². The van der Waals surface area contributed by atoms with E-state index in [1.54, 1.807) is 6.92 Å². The summed E-state index contributed by atoms with van der Waals surface area (Å²) in [6, 6.07) is 0.403. The molecule has 1 fully saturated rings. The highest BCUT2D eigenvalue weighted by molar-refractivity contribution is 5.77.